The van der Waals surface area contributed by atoms with E-state index in [1.807, 2.05) is 36.2 Å². The second-order valence-electron chi connectivity index (χ2n) is 7.18. The molecule has 0 atom stereocenters. The molecule has 0 aliphatic rings. The van der Waals surface area contributed by atoms with Crippen molar-refractivity contribution in [1.29, 1.82) is 0 Å². The first-order valence-corrected chi connectivity index (χ1v) is 15.3. The molecule has 1 aromatic rings. The SMILES string of the molecule is C=C(SC(C)C)c1ccccc1.CCN(CC)C(=S)SC(C)C.CSC(=S)SC(C)C. The molecule has 31 heavy (non-hydrogen) atoms. The van der Waals surface area contributed by atoms with E-state index in [1.165, 1.54) is 5.56 Å². The molecular formula is C24H41NS6. The molecule has 0 saturated carbocycles. The fourth-order valence-corrected chi connectivity index (χ4v) is 6.39. The highest BCUT2D eigenvalue weighted by atomic mass is 32.2. The van der Waals surface area contributed by atoms with Gasteiger partial charge in [-0.05, 0) is 25.7 Å². The Kier molecular flexibility index (Phi) is 22.6. The van der Waals surface area contributed by atoms with Gasteiger partial charge in [-0.2, -0.15) is 0 Å². The maximum absolute atomic E-state index is 5.24. The minimum atomic E-state index is 0.600. The van der Waals surface area contributed by atoms with Crippen molar-refractivity contribution in [2.24, 2.45) is 0 Å². The second kappa shape index (κ2) is 20.9. The van der Waals surface area contributed by atoms with E-state index in [-0.39, 0.29) is 0 Å². The summed E-state index contributed by atoms with van der Waals surface area (Å²) in [7, 11) is 0. The summed E-state index contributed by atoms with van der Waals surface area (Å²) >= 11 is 17.2. The maximum Gasteiger partial charge on any atom is 0.136 e. The molecule has 0 unspecified atom stereocenters. The van der Waals surface area contributed by atoms with Gasteiger partial charge in [-0.15, -0.1) is 35.3 Å². The van der Waals surface area contributed by atoms with Gasteiger partial charge in [0.25, 0.3) is 0 Å². The van der Waals surface area contributed by atoms with E-state index in [4.69, 9.17) is 24.4 Å². The zero-order valence-corrected chi connectivity index (χ0v) is 25.5. The van der Waals surface area contributed by atoms with Crippen LogP contribution in [0.5, 0.6) is 0 Å². The van der Waals surface area contributed by atoms with Crippen LogP contribution in [0.15, 0.2) is 36.9 Å². The standard InChI is InChI=1S/C11H14S.C8H17NS2.C5H10S3/c1-9(2)12-10(3)11-7-5-4-6-8-11;1-5-9(6-2)8(10)11-7(3)4;1-4(2)8-5(6)7-3/h4-9H,3H2,1-2H3;7H,5-6H2,1-4H3;4H,1-3H3. The lowest BCUT2D eigenvalue weighted by Gasteiger charge is -2.21. The van der Waals surface area contributed by atoms with E-state index in [0.717, 1.165) is 25.8 Å². The highest BCUT2D eigenvalue weighted by Gasteiger charge is 2.06. The van der Waals surface area contributed by atoms with Gasteiger partial charge in [-0.25, -0.2) is 0 Å². The third-order valence-corrected chi connectivity index (χ3v) is 8.37. The van der Waals surface area contributed by atoms with Gasteiger partial charge >= 0.3 is 0 Å². The predicted molar refractivity (Wildman–Crippen MR) is 165 cm³/mol. The first-order valence-electron chi connectivity index (χ1n) is 10.6. The van der Waals surface area contributed by atoms with Crippen LogP contribution in [0.25, 0.3) is 4.91 Å². The Morgan fingerprint density at radius 3 is 1.61 bits per heavy atom. The van der Waals surface area contributed by atoms with Crippen molar-refractivity contribution < 1.29 is 0 Å². The van der Waals surface area contributed by atoms with Gasteiger partial charge in [0.15, 0.2) is 0 Å². The number of thiocarbonyl (C=S) groups is 2. The molecule has 0 amide bonds. The third kappa shape index (κ3) is 20.7. The normalized spacial score (nSPS) is 10.2. The predicted octanol–water partition coefficient (Wildman–Crippen LogP) is 9.33. The van der Waals surface area contributed by atoms with Crippen LogP contribution in [0, 0.1) is 0 Å². The van der Waals surface area contributed by atoms with Crippen LogP contribution in [0.3, 0.4) is 0 Å². The minimum Gasteiger partial charge on any atom is -0.358 e. The highest BCUT2D eigenvalue weighted by Crippen LogP contribution is 2.28. The summed E-state index contributed by atoms with van der Waals surface area (Å²) in [5.41, 5.74) is 1.23. The van der Waals surface area contributed by atoms with Gasteiger partial charge in [0.2, 0.25) is 0 Å². The zero-order valence-electron chi connectivity index (χ0n) is 20.6. The Hall–Kier alpha value is 0.340. The molecule has 0 N–H and O–H groups in total. The van der Waals surface area contributed by atoms with Gasteiger partial charge in [0.1, 0.15) is 7.85 Å². The summed E-state index contributed by atoms with van der Waals surface area (Å²) in [6.07, 6.45) is 2.01. The van der Waals surface area contributed by atoms with Crippen molar-refractivity contribution in [2.45, 2.75) is 71.1 Å². The maximum atomic E-state index is 5.24. The average molecular weight is 536 g/mol. The molecular weight excluding hydrogens is 495 g/mol. The minimum absolute atomic E-state index is 0.600. The Labute approximate surface area is 220 Å². The Morgan fingerprint density at radius 1 is 0.839 bits per heavy atom. The van der Waals surface area contributed by atoms with E-state index < -0.39 is 0 Å². The van der Waals surface area contributed by atoms with E-state index in [2.05, 4.69) is 79.0 Å². The Morgan fingerprint density at radius 2 is 1.29 bits per heavy atom. The molecule has 0 aliphatic heterocycles. The summed E-state index contributed by atoms with van der Waals surface area (Å²) in [5, 5.41) is 1.84. The number of hydrogen-bond donors (Lipinski definition) is 0. The van der Waals surface area contributed by atoms with Gasteiger partial charge in [-0.3, -0.25) is 0 Å². The number of rotatable bonds is 7. The van der Waals surface area contributed by atoms with Gasteiger partial charge in [0.05, 0.1) is 0 Å². The first-order chi connectivity index (χ1) is 14.5. The third-order valence-electron chi connectivity index (χ3n) is 3.33. The zero-order chi connectivity index (χ0) is 24.4. The molecule has 1 rings (SSSR count). The van der Waals surface area contributed by atoms with Crippen LogP contribution in [-0.4, -0.2) is 47.8 Å². The second-order valence-corrected chi connectivity index (χ2v) is 14.6. The quantitative estimate of drug-likeness (QED) is 0.316. The number of nitrogens with zero attached hydrogens (tertiary/aromatic N) is 1. The fraction of sp³-hybridized carbons (Fsp3) is 0.583. The van der Waals surface area contributed by atoms with Crippen molar-refractivity contribution in [1.82, 2.24) is 4.90 Å². The molecule has 0 aromatic heterocycles. The lowest BCUT2D eigenvalue weighted by molar-refractivity contribution is 0.482. The molecule has 7 heteroatoms. The monoisotopic (exact) mass is 535 g/mol. The van der Waals surface area contributed by atoms with Crippen LogP contribution in [-0.2, 0) is 0 Å². The Bertz CT molecular complexity index is 610. The van der Waals surface area contributed by atoms with Gasteiger partial charge in [-0.1, -0.05) is 115 Å². The van der Waals surface area contributed by atoms with Gasteiger partial charge < -0.3 is 4.90 Å². The summed E-state index contributed by atoms with van der Waals surface area (Å²) < 4.78 is 2.07. The fourth-order valence-electron chi connectivity index (χ4n) is 1.98. The van der Waals surface area contributed by atoms with Crippen LogP contribution < -0.4 is 0 Å². The van der Waals surface area contributed by atoms with Crippen molar-refractivity contribution in [3.05, 3.63) is 42.5 Å². The largest absolute Gasteiger partial charge is 0.358 e. The van der Waals surface area contributed by atoms with E-state index in [9.17, 15) is 0 Å². The van der Waals surface area contributed by atoms with Crippen LogP contribution in [0.4, 0.5) is 0 Å². The average Bonchev–Trinajstić information content (AvgIpc) is 2.69. The summed E-state index contributed by atoms with van der Waals surface area (Å²) in [5.74, 6) is 0. The lowest BCUT2D eigenvalue weighted by atomic mass is 10.2. The number of thioether (sulfide) groups is 4. The molecule has 0 radical (unpaired) electrons. The summed E-state index contributed by atoms with van der Waals surface area (Å²) in [6, 6.07) is 10.3. The van der Waals surface area contributed by atoms with Gasteiger partial charge in [0, 0.05) is 33.7 Å². The van der Waals surface area contributed by atoms with Crippen LogP contribution >= 0.6 is 71.5 Å². The molecule has 1 aromatic carbocycles. The smallest absolute Gasteiger partial charge is 0.136 e. The van der Waals surface area contributed by atoms with Crippen LogP contribution in [0.2, 0.25) is 0 Å². The van der Waals surface area contributed by atoms with Crippen LogP contribution in [0.1, 0.15) is 61.0 Å². The molecule has 178 valence electrons. The summed E-state index contributed by atoms with van der Waals surface area (Å²) in [6.45, 7) is 23.3. The number of benzene rings is 1. The molecule has 0 spiro atoms. The van der Waals surface area contributed by atoms with E-state index in [1.54, 1.807) is 35.3 Å². The highest BCUT2D eigenvalue weighted by molar-refractivity contribution is 8.47. The molecule has 0 heterocycles. The van der Waals surface area contributed by atoms with Crippen molar-refractivity contribution in [3.63, 3.8) is 0 Å². The lowest BCUT2D eigenvalue weighted by Crippen LogP contribution is -2.27. The van der Waals surface area contributed by atoms with E-state index >= 15 is 0 Å². The van der Waals surface area contributed by atoms with E-state index in [0.29, 0.717) is 15.7 Å². The van der Waals surface area contributed by atoms with Crippen molar-refractivity contribution in [3.8, 4) is 0 Å². The molecule has 0 aliphatic carbocycles. The molecule has 0 saturated heterocycles. The molecule has 1 nitrogen and oxygen atoms in total. The first kappa shape index (κ1) is 33.5. The topological polar surface area (TPSA) is 3.24 Å². The van der Waals surface area contributed by atoms with Crippen molar-refractivity contribution >= 4 is 84.2 Å². The Balaban J connectivity index is 0. The summed E-state index contributed by atoms with van der Waals surface area (Å²) in [4.78, 5) is 3.37. The molecule has 0 fully saturated rings. The van der Waals surface area contributed by atoms with Crippen molar-refractivity contribution in [2.75, 3.05) is 19.3 Å². The number of hydrogen-bond acceptors (Lipinski definition) is 6. The molecule has 0 bridgehead atoms.